The molecule has 6 nitrogen and oxygen atoms in total. The van der Waals surface area contributed by atoms with E-state index in [0.29, 0.717) is 11.3 Å². The van der Waals surface area contributed by atoms with Gasteiger partial charge in [0.25, 0.3) is 5.91 Å². The maximum atomic E-state index is 12.6. The molecule has 0 saturated heterocycles. The van der Waals surface area contributed by atoms with Crippen LogP contribution >= 0.6 is 0 Å². The van der Waals surface area contributed by atoms with Crippen LogP contribution in [0.4, 0.5) is 5.69 Å². The lowest BCUT2D eigenvalue weighted by molar-refractivity contribution is -0.146. The zero-order chi connectivity index (χ0) is 18.1. The molecule has 0 aliphatic rings. The Hall–Kier alpha value is -2.63. The Morgan fingerprint density at radius 1 is 1.12 bits per heavy atom. The number of carbonyl (C=O) groups excluding carboxylic acids is 1. The van der Waals surface area contributed by atoms with Crippen LogP contribution in [0, 0.1) is 0 Å². The second kappa shape index (κ2) is 6.11. The van der Waals surface area contributed by atoms with E-state index >= 15 is 0 Å². The second-order valence-corrected chi connectivity index (χ2v) is 7.29. The number of aromatic nitrogens is 2. The van der Waals surface area contributed by atoms with Gasteiger partial charge in [0, 0.05) is 11.8 Å². The number of carboxylic acid groups (broad SMARTS) is 1. The Balaban J connectivity index is 2.27. The van der Waals surface area contributed by atoms with Gasteiger partial charge in [-0.1, -0.05) is 39.0 Å². The highest BCUT2D eigenvalue weighted by Crippen LogP contribution is 2.26. The van der Waals surface area contributed by atoms with E-state index in [1.165, 1.54) is 17.1 Å². The predicted octanol–water partition coefficient (Wildman–Crippen LogP) is 3.25. The summed E-state index contributed by atoms with van der Waals surface area (Å²) in [6.45, 7) is 9.23. The molecule has 0 saturated carbocycles. The first-order valence-electron chi connectivity index (χ1n) is 7.73. The summed E-state index contributed by atoms with van der Waals surface area (Å²) in [5.74, 6) is -1.24. The van der Waals surface area contributed by atoms with Gasteiger partial charge in [0.05, 0.1) is 11.9 Å². The number of benzene rings is 1. The molecule has 24 heavy (non-hydrogen) atoms. The number of nitrogens with zero attached hydrogens (tertiary/aromatic N) is 2. The Bertz CT molecular complexity index is 770. The monoisotopic (exact) mass is 329 g/mol. The van der Waals surface area contributed by atoms with Crippen LogP contribution in [-0.2, 0) is 15.7 Å². The summed E-state index contributed by atoms with van der Waals surface area (Å²) >= 11 is 0. The SMILES string of the molecule is CC(C)(C)c1ccccc1C(=O)Nc1cnn(C(C)(C)C(=O)O)c1. The largest absolute Gasteiger partial charge is 0.479 e. The Morgan fingerprint density at radius 2 is 1.75 bits per heavy atom. The highest BCUT2D eigenvalue weighted by atomic mass is 16.4. The van der Waals surface area contributed by atoms with Gasteiger partial charge in [-0.15, -0.1) is 0 Å². The van der Waals surface area contributed by atoms with E-state index in [1.807, 2.05) is 39.0 Å². The average molecular weight is 329 g/mol. The van der Waals surface area contributed by atoms with Crippen molar-refractivity contribution in [2.75, 3.05) is 5.32 Å². The third-order valence-electron chi connectivity index (χ3n) is 3.92. The summed E-state index contributed by atoms with van der Waals surface area (Å²) in [5.41, 5.74) is 0.643. The molecule has 1 aromatic carbocycles. The van der Waals surface area contributed by atoms with Crippen LogP contribution in [0.5, 0.6) is 0 Å². The molecule has 128 valence electrons. The molecule has 1 aromatic heterocycles. The first kappa shape index (κ1) is 17.7. The van der Waals surface area contributed by atoms with Crippen LogP contribution in [0.15, 0.2) is 36.7 Å². The van der Waals surface area contributed by atoms with Gasteiger partial charge in [0.2, 0.25) is 0 Å². The van der Waals surface area contributed by atoms with Crippen molar-refractivity contribution in [3.05, 3.63) is 47.8 Å². The number of carboxylic acids is 1. The second-order valence-electron chi connectivity index (χ2n) is 7.29. The summed E-state index contributed by atoms with van der Waals surface area (Å²) in [6.07, 6.45) is 2.97. The number of hydrogen-bond donors (Lipinski definition) is 2. The van der Waals surface area contributed by atoms with Crippen molar-refractivity contribution >= 4 is 17.6 Å². The Labute approximate surface area is 141 Å². The summed E-state index contributed by atoms with van der Waals surface area (Å²) in [5, 5.41) is 16.1. The average Bonchev–Trinajstić information content (AvgIpc) is 2.95. The molecule has 0 aliphatic heterocycles. The quantitative estimate of drug-likeness (QED) is 0.902. The summed E-state index contributed by atoms with van der Waals surface area (Å²) < 4.78 is 1.32. The number of carbonyl (C=O) groups is 2. The van der Waals surface area contributed by atoms with Gasteiger partial charge >= 0.3 is 5.97 Å². The third kappa shape index (κ3) is 3.48. The highest BCUT2D eigenvalue weighted by Gasteiger charge is 2.30. The maximum Gasteiger partial charge on any atom is 0.331 e. The van der Waals surface area contributed by atoms with Crippen molar-refractivity contribution in [3.8, 4) is 0 Å². The lowest BCUT2D eigenvalue weighted by Crippen LogP contribution is -2.35. The number of amides is 1. The molecule has 0 aliphatic carbocycles. The molecule has 1 amide bonds. The Kier molecular flexibility index (Phi) is 4.51. The van der Waals surface area contributed by atoms with Gasteiger partial charge in [0.15, 0.2) is 5.54 Å². The fourth-order valence-corrected chi connectivity index (χ4v) is 2.32. The summed E-state index contributed by atoms with van der Waals surface area (Å²) in [7, 11) is 0. The molecule has 0 atom stereocenters. The van der Waals surface area contributed by atoms with Crippen molar-refractivity contribution in [2.45, 2.75) is 45.6 Å². The molecular weight excluding hydrogens is 306 g/mol. The lowest BCUT2D eigenvalue weighted by Gasteiger charge is -2.22. The first-order valence-corrected chi connectivity index (χ1v) is 7.73. The molecule has 0 fully saturated rings. The number of hydrogen-bond acceptors (Lipinski definition) is 3. The fourth-order valence-electron chi connectivity index (χ4n) is 2.32. The van der Waals surface area contributed by atoms with E-state index in [9.17, 15) is 14.7 Å². The third-order valence-corrected chi connectivity index (χ3v) is 3.92. The molecule has 0 spiro atoms. The molecular formula is C18H23N3O3. The molecule has 2 rings (SSSR count). The van der Waals surface area contributed by atoms with E-state index in [0.717, 1.165) is 5.56 Å². The zero-order valence-corrected chi connectivity index (χ0v) is 14.6. The molecule has 0 radical (unpaired) electrons. The van der Waals surface area contributed by atoms with E-state index in [4.69, 9.17) is 0 Å². The minimum atomic E-state index is -1.19. The molecule has 1 heterocycles. The number of rotatable bonds is 4. The predicted molar refractivity (Wildman–Crippen MR) is 92.3 cm³/mol. The molecule has 6 heteroatoms. The van der Waals surface area contributed by atoms with Crippen molar-refractivity contribution < 1.29 is 14.7 Å². The molecule has 0 unspecified atom stereocenters. The Morgan fingerprint density at radius 3 is 2.33 bits per heavy atom. The number of nitrogens with one attached hydrogen (secondary N) is 1. The summed E-state index contributed by atoms with van der Waals surface area (Å²) in [4.78, 5) is 23.9. The molecule has 0 bridgehead atoms. The van der Waals surface area contributed by atoms with Crippen molar-refractivity contribution in [3.63, 3.8) is 0 Å². The first-order chi connectivity index (χ1) is 11.0. The van der Waals surface area contributed by atoms with Gasteiger partial charge < -0.3 is 10.4 Å². The zero-order valence-electron chi connectivity index (χ0n) is 14.6. The van der Waals surface area contributed by atoms with Crippen LogP contribution in [0.2, 0.25) is 0 Å². The number of anilines is 1. The molecule has 2 aromatic rings. The van der Waals surface area contributed by atoms with Gasteiger partial charge in [-0.3, -0.25) is 9.48 Å². The van der Waals surface area contributed by atoms with Crippen molar-refractivity contribution in [1.29, 1.82) is 0 Å². The van der Waals surface area contributed by atoms with E-state index in [1.54, 1.807) is 19.9 Å². The lowest BCUT2D eigenvalue weighted by atomic mass is 9.83. The standard InChI is InChI=1S/C18H23N3O3/c1-17(2,3)14-9-7-6-8-13(14)15(22)20-12-10-19-21(11-12)18(4,5)16(23)24/h6-11H,1-5H3,(H,20,22)(H,23,24). The van der Waals surface area contributed by atoms with Gasteiger partial charge in [-0.05, 0) is 30.9 Å². The van der Waals surface area contributed by atoms with E-state index < -0.39 is 11.5 Å². The van der Waals surface area contributed by atoms with Crippen molar-refractivity contribution in [1.82, 2.24) is 9.78 Å². The van der Waals surface area contributed by atoms with E-state index in [2.05, 4.69) is 10.4 Å². The van der Waals surface area contributed by atoms with Crippen LogP contribution in [-0.4, -0.2) is 26.8 Å². The van der Waals surface area contributed by atoms with Crippen LogP contribution in [0.25, 0.3) is 0 Å². The van der Waals surface area contributed by atoms with Gasteiger partial charge in [-0.2, -0.15) is 5.10 Å². The van der Waals surface area contributed by atoms with Crippen molar-refractivity contribution in [2.24, 2.45) is 0 Å². The van der Waals surface area contributed by atoms with E-state index in [-0.39, 0.29) is 11.3 Å². The van der Waals surface area contributed by atoms with Crippen LogP contribution < -0.4 is 5.32 Å². The molecule has 2 N–H and O–H groups in total. The van der Waals surface area contributed by atoms with Gasteiger partial charge in [-0.25, -0.2) is 4.79 Å². The minimum absolute atomic E-state index is 0.163. The maximum absolute atomic E-state index is 12.6. The smallest absolute Gasteiger partial charge is 0.331 e. The number of aliphatic carboxylic acids is 1. The highest BCUT2D eigenvalue weighted by molar-refractivity contribution is 6.05. The normalized spacial score (nSPS) is 12.0. The summed E-state index contributed by atoms with van der Waals surface area (Å²) in [6, 6.07) is 7.44. The van der Waals surface area contributed by atoms with Crippen LogP contribution in [0.1, 0.15) is 50.5 Å². The minimum Gasteiger partial charge on any atom is -0.479 e. The topological polar surface area (TPSA) is 84.2 Å². The van der Waals surface area contributed by atoms with Crippen LogP contribution in [0.3, 0.4) is 0 Å². The van der Waals surface area contributed by atoms with Gasteiger partial charge in [0.1, 0.15) is 0 Å². The fraction of sp³-hybridized carbons (Fsp3) is 0.389.